The van der Waals surface area contributed by atoms with E-state index in [1.54, 1.807) is 12.1 Å². The maximum Gasteiger partial charge on any atom is 0.216 e. The fourth-order valence-electron chi connectivity index (χ4n) is 1.48. The lowest BCUT2D eigenvalue weighted by atomic mass is 10.2. The number of benzene rings is 1. The smallest absolute Gasteiger partial charge is 0.212 e. The number of hydrogen-bond donors (Lipinski definition) is 1. The second kappa shape index (κ2) is 6.00. The number of halogens is 2. The molecular formula is C12H11ClFNO2S2. The van der Waals surface area contributed by atoms with Gasteiger partial charge in [0.25, 0.3) is 0 Å². The molecular weight excluding hydrogens is 309 g/mol. The highest BCUT2D eigenvalue weighted by atomic mass is 35.5. The van der Waals surface area contributed by atoms with E-state index < -0.39 is 10.0 Å². The van der Waals surface area contributed by atoms with Crippen LogP contribution in [0.4, 0.5) is 4.39 Å². The largest absolute Gasteiger partial charge is 0.216 e. The molecule has 3 nitrogen and oxygen atoms in total. The van der Waals surface area contributed by atoms with Crippen molar-refractivity contribution < 1.29 is 12.8 Å². The van der Waals surface area contributed by atoms with Crippen molar-refractivity contribution in [3.63, 3.8) is 0 Å². The molecule has 0 bridgehead atoms. The SMILES string of the molecule is O=S(=O)(Cc1ccc(F)cc1)NCc1ccc(Cl)s1. The van der Waals surface area contributed by atoms with Gasteiger partial charge in [0, 0.05) is 11.4 Å². The van der Waals surface area contributed by atoms with E-state index in [0.717, 1.165) is 4.88 Å². The van der Waals surface area contributed by atoms with Gasteiger partial charge in [-0.05, 0) is 29.8 Å². The van der Waals surface area contributed by atoms with Gasteiger partial charge < -0.3 is 0 Å². The predicted octanol–water partition coefficient (Wildman–Crippen LogP) is 3.16. The van der Waals surface area contributed by atoms with Gasteiger partial charge in [-0.1, -0.05) is 23.7 Å². The van der Waals surface area contributed by atoms with Crippen LogP contribution >= 0.6 is 22.9 Å². The number of rotatable bonds is 5. The molecule has 2 aromatic rings. The van der Waals surface area contributed by atoms with Gasteiger partial charge in [-0.25, -0.2) is 17.5 Å². The third kappa shape index (κ3) is 4.58. The summed E-state index contributed by atoms with van der Waals surface area (Å²) in [5, 5.41) is 0. The molecule has 19 heavy (non-hydrogen) atoms. The van der Waals surface area contributed by atoms with Crippen molar-refractivity contribution in [3.05, 3.63) is 57.0 Å². The zero-order valence-corrected chi connectivity index (χ0v) is 12.2. The van der Waals surface area contributed by atoms with Gasteiger partial charge in [0.1, 0.15) is 5.82 Å². The maximum absolute atomic E-state index is 12.7. The monoisotopic (exact) mass is 319 g/mol. The summed E-state index contributed by atoms with van der Waals surface area (Å²) < 4.78 is 39.5. The Morgan fingerprint density at radius 3 is 2.42 bits per heavy atom. The van der Waals surface area contributed by atoms with Gasteiger partial charge in [-0.15, -0.1) is 11.3 Å². The minimum Gasteiger partial charge on any atom is -0.212 e. The quantitative estimate of drug-likeness (QED) is 0.920. The van der Waals surface area contributed by atoms with Gasteiger partial charge in [-0.3, -0.25) is 0 Å². The van der Waals surface area contributed by atoms with Crippen molar-refractivity contribution in [2.75, 3.05) is 0 Å². The van der Waals surface area contributed by atoms with Crippen LogP contribution in [0, 0.1) is 5.82 Å². The second-order valence-electron chi connectivity index (χ2n) is 3.91. The molecule has 102 valence electrons. The molecule has 0 spiro atoms. The van der Waals surface area contributed by atoms with E-state index in [0.29, 0.717) is 9.90 Å². The van der Waals surface area contributed by atoms with E-state index >= 15 is 0 Å². The molecule has 1 aromatic carbocycles. The first-order valence-corrected chi connectivity index (χ1v) is 8.25. The Labute approximate surface area is 120 Å². The molecule has 1 aromatic heterocycles. The fourth-order valence-corrected chi connectivity index (χ4v) is 3.71. The molecule has 0 aliphatic heterocycles. The Hall–Kier alpha value is -0.950. The number of thiophene rings is 1. The topological polar surface area (TPSA) is 46.2 Å². The standard InChI is InChI=1S/C12H11ClFNO2S2/c13-12-6-5-11(18-12)7-15-19(16,17)8-9-1-3-10(14)4-2-9/h1-6,15H,7-8H2. The van der Waals surface area contributed by atoms with Crippen LogP contribution in [0.15, 0.2) is 36.4 Å². The lowest BCUT2D eigenvalue weighted by molar-refractivity contribution is 0.580. The lowest BCUT2D eigenvalue weighted by Gasteiger charge is -2.05. The van der Waals surface area contributed by atoms with Crippen molar-refractivity contribution in [1.29, 1.82) is 0 Å². The number of nitrogens with one attached hydrogen (secondary N) is 1. The number of hydrogen-bond acceptors (Lipinski definition) is 3. The molecule has 0 fully saturated rings. The van der Waals surface area contributed by atoms with Crippen molar-refractivity contribution in [3.8, 4) is 0 Å². The Kier molecular flexibility index (Phi) is 4.57. The van der Waals surface area contributed by atoms with Crippen LogP contribution in [-0.2, 0) is 22.3 Å². The van der Waals surface area contributed by atoms with Crippen LogP contribution in [0.5, 0.6) is 0 Å². The zero-order valence-electron chi connectivity index (χ0n) is 9.77. The lowest BCUT2D eigenvalue weighted by Crippen LogP contribution is -2.24. The average molecular weight is 320 g/mol. The zero-order chi connectivity index (χ0) is 13.9. The minimum atomic E-state index is -3.45. The Morgan fingerprint density at radius 2 is 1.84 bits per heavy atom. The van der Waals surface area contributed by atoms with Gasteiger partial charge in [0.05, 0.1) is 10.1 Å². The highest BCUT2D eigenvalue weighted by Crippen LogP contribution is 2.21. The summed E-state index contributed by atoms with van der Waals surface area (Å²) in [7, 11) is -3.45. The fraction of sp³-hybridized carbons (Fsp3) is 0.167. The first-order chi connectivity index (χ1) is 8.94. The van der Waals surface area contributed by atoms with Crippen LogP contribution in [0.2, 0.25) is 4.34 Å². The molecule has 0 radical (unpaired) electrons. The van der Waals surface area contributed by atoms with Crippen LogP contribution in [0.1, 0.15) is 10.4 Å². The molecule has 0 saturated carbocycles. The highest BCUT2D eigenvalue weighted by Gasteiger charge is 2.12. The summed E-state index contributed by atoms with van der Waals surface area (Å²) in [6.07, 6.45) is 0. The normalized spacial score (nSPS) is 11.7. The molecule has 0 atom stereocenters. The minimum absolute atomic E-state index is 0.174. The van der Waals surface area contributed by atoms with Crippen molar-refractivity contribution >= 4 is 33.0 Å². The molecule has 0 amide bonds. The predicted molar refractivity (Wildman–Crippen MR) is 75.2 cm³/mol. The van der Waals surface area contributed by atoms with Crippen LogP contribution in [0.3, 0.4) is 0 Å². The number of sulfonamides is 1. The summed E-state index contributed by atoms with van der Waals surface area (Å²) in [5.41, 5.74) is 0.540. The van der Waals surface area contributed by atoms with E-state index in [4.69, 9.17) is 11.6 Å². The average Bonchev–Trinajstić information content (AvgIpc) is 2.76. The van der Waals surface area contributed by atoms with E-state index in [-0.39, 0.29) is 18.1 Å². The van der Waals surface area contributed by atoms with Crippen molar-refractivity contribution in [2.45, 2.75) is 12.3 Å². The summed E-state index contributed by atoms with van der Waals surface area (Å²) >= 11 is 7.09. The molecule has 0 aliphatic rings. The first-order valence-electron chi connectivity index (χ1n) is 5.41. The molecule has 0 unspecified atom stereocenters. The first kappa shape index (κ1) is 14.5. The summed E-state index contributed by atoms with van der Waals surface area (Å²) in [6, 6.07) is 8.88. The molecule has 7 heteroatoms. The van der Waals surface area contributed by atoms with E-state index in [1.165, 1.54) is 35.6 Å². The van der Waals surface area contributed by atoms with Crippen molar-refractivity contribution in [2.24, 2.45) is 0 Å². The summed E-state index contributed by atoms with van der Waals surface area (Å²) in [5.74, 6) is -0.561. The molecule has 0 aliphatic carbocycles. The van der Waals surface area contributed by atoms with Gasteiger partial charge >= 0.3 is 0 Å². The summed E-state index contributed by atoms with van der Waals surface area (Å²) in [4.78, 5) is 0.840. The van der Waals surface area contributed by atoms with E-state index in [2.05, 4.69) is 4.72 Å². The molecule has 2 rings (SSSR count). The molecule has 1 heterocycles. The third-order valence-corrected chi connectivity index (χ3v) is 4.89. The van der Waals surface area contributed by atoms with Gasteiger partial charge in [-0.2, -0.15) is 0 Å². The van der Waals surface area contributed by atoms with Crippen molar-refractivity contribution in [1.82, 2.24) is 4.72 Å². The van der Waals surface area contributed by atoms with Crippen LogP contribution in [0.25, 0.3) is 0 Å². The molecule has 1 N–H and O–H groups in total. The third-order valence-electron chi connectivity index (χ3n) is 2.37. The van der Waals surface area contributed by atoms with Crippen LogP contribution in [-0.4, -0.2) is 8.42 Å². The Bertz CT molecular complexity index is 653. The highest BCUT2D eigenvalue weighted by molar-refractivity contribution is 7.88. The maximum atomic E-state index is 12.7. The van der Waals surface area contributed by atoms with E-state index in [9.17, 15) is 12.8 Å². The Balaban J connectivity index is 1.97. The second-order valence-corrected chi connectivity index (χ2v) is 7.52. The van der Waals surface area contributed by atoms with E-state index in [1.807, 2.05) is 0 Å². The summed E-state index contributed by atoms with van der Waals surface area (Å²) in [6.45, 7) is 0.209. The van der Waals surface area contributed by atoms with Gasteiger partial charge in [0.2, 0.25) is 10.0 Å². The Morgan fingerprint density at radius 1 is 1.16 bits per heavy atom. The van der Waals surface area contributed by atoms with Gasteiger partial charge in [0.15, 0.2) is 0 Å². The molecule has 0 saturated heterocycles. The van der Waals surface area contributed by atoms with Crippen LogP contribution < -0.4 is 4.72 Å².